The van der Waals surface area contributed by atoms with Gasteiger partial charge < -0.3 is 10.5 Å². The van der Waals surface area contributed by atoms with Crippen molar-refractivity contribution in [3.63, 3.8) is 0 Å². The molecular weight excluding hydrogens is 256 g/mol. The minimum atomic E-state index is 0.427. The molecule has 2 N–H and O–H groups in total. The number of benzene rings is 1. The second kappa shape index (κ2) is 7.46. The number of nitrogens with two attached hydrogens (primary N) is 1. The highest BCUT2D eigenvalue weighted by atomic mass is 32.1. The third kappa shape index (κ3) is 4.80. The zero-order valence-electron chi connectivity index (χ0n) is 12.3. The minimum absolute atomic E-state index is 0.427. The number of rotatable bonds is 7. The van der Waals surface area contributed by atoms with Crippen molar-refractivity contribution in [2.75, 3.05) is 20.2 Å². The van der Waals surface area contributed by atoms with E-state index in [1.165, 1.54) is 0 Å². The summed E-state index contributed by atoms with van der Waals surface area (Å²) < 4.78 is 5.42. The lowest BCUT2D eigenvalue weighted by Gasteiger charge is -2.23. The van der Waals surface area contributed by atoms with Gasteiger partial charge in [0.25, 0.3) is 0 Å². The van der Waals surface area contributed by atoms with Crippen LogP contribution in [-0.2, 0) is 6.54 Å². The van der Waals surface area contributed by atoms with Gasteiger partial charge in [-0.25, -0.2) is 0 Å². The van der Waals surface area contributed by atoms with E-state index in [-0.39, 0.29) is 0 Å². The van der Waals surface area contributed by atoms with Crippen LogP contribution in [0.1, 0.15) is 31.9 Å². The smallest absolute Gasteiger partial charge is 0.123 e. The summed E-state index contributed by atoms with van der Waals surface area (Å²) in [6.45, 7) is 9.56. The van der Waals surface area contributed by atoms with Crippen molar-refractivity contribution in [3.8, 4) is 5.75 Å². The summed E-state index contributed by atoms with van der Waals surface area (Å²) in [6.07, 6.45) is 0. The van der Waals surface area contributed by atoms with Crippen LogP contribution in [0.4, 0.5) is 0 Å². The van der Waals surface area contributed by atoms with Gasteiger partial charge in [0.05, 0.1) is 7.11 Å². The number of methoxy groups -OCH3 is 1. The topological polar surface area (TPSA) is 38.5 Å². The third-order valence-corrected chi connectivity index (χ3v) is 3.27. The molecule has 106 valence electrons. The molecule has 0 aliphatic rings. The van der Waals surface area contributed by atoms with E-state index >= 15 is 0 Å². The lowest BCUT2D eigenvalue weighted by atomic mass is 10.1. The van der Waals surface area contributed by atoms with E-state index in [1.807, 2.05) is 18.2 Å². The Morgan fingerprint density at radius 3 is 2.58 bits per heavy atom. The molecule has 0 atom stereocenters. The average Bonchev–Trinajstić information content (AvgIpc) is 2.37. The Bertz CT molecular complexity index is 432. The van der Waals surface area contributed by atoms with E-state index < -0.39 is 0 Å². The molecule has 1 rings (SSSR count). The predicted molar refractivity (Wildman–Crippen MR) is 84.7 cm³/mol. The Morgan fingerprint density at radius 1 is 1.42 bits per heavy atom. The summed E-state index contributed by atoms with van der Waals surface area (Å²) in [6, 6.07) is 5.88. The van der Waals surface area contributed by atoms with Gasteiger partial charge in [-0.05, 0) is 30.7 Å². The molecule has 0 aromatic heterocycles. The molecule has 19 heavy (non-hydrogen) atoms. The highest BCUT2D eigenvalue weighted by Crippen LogP contribution is 2.22. The molecule has 1 aromatic carbocycles. The molecule has 0 aliphatic carbocycles. The van der Waals surface area contributed by atoms with E-state index in [2.05, 4.69) is 25.7 Å². The highest BCUT2D eigenvalue weighted by molar-refractivity contribution is 7.80. The normalized spacial score (nSPS) is 11.1. The van der Waals surface area contributed by atoms with Crippen molar-refractivity contribution in [2.24, 2.45) is 11.7 Å². The Balaban J connectivity index is 2.95. The van der Waals surface area contributed by atoms with E-state index in [1.54, 1.807) is 7.11 Å². The molecule has 0 amide bonds. The molecule has 1 aromatic rings. The fourth-order valence-electron chi connectivity index (χ4n) is 2.12. The SMILES string of the molecule is CCN(Cc1cc(C(N)=S)ccc1OC)CC(C)C. The van der Waals surface area contributed by atoms with Crippen LogP contribution in [-0.4, -0.2) is 30.1 Å². The first-order chi connectivity index (χ1) is 8.97. The van der Waals surface area contributed by atoms with E-state index in [0.29, 0.717) is 10.9 Å². The van der Waals surface area contributed by atoms with Crippen molar-refractivity contribution >= 4 is 17.2 Å². The first kappa shape index (κ1) is 15.9. The monoisotopic (exact) mass is 280 g/mol. The molecule has 0 bridgehead atoms. The van der Waals surface area contributed by atoms with Crippen molar-refractivity contribution in [1.29, 1.82) is 0 Å². The van der Waals surface area contributed by atoms with Crippen molar-refractivity contribution < 1.29 is 4.74 Å². The zero-order valence-corrected chi connectivity index (χ0v) is 13.1. The third-order valence-electron chi connectivity index (χ3n) is 3.03. The Hall–Kier alpha value is -1.13. The van der Waals surface area contributed by atoms with Crippen LogP contribution in [0.25, 0.3) is 0 Å². The maximum absolute atomic E-state index is 5.70. The quantitative estimate of drug-likeness (QED) is 0.780. The zero-order chi connectivity index (χ0) is 14.4. The number of ether oxygens (including phenoxy) is 1. The Kier molecular flexibility index (Phi) is 6.25. The maximum Gasteiger partial charge on any atom is 0.123 e. The van der Waals surface area contributed by atoms with Crippen LogP contribution in [0.5, 0.6) is 5.75 Å². The van der Waals surface area contributed by atoms with E-state index in [4.69, 9.17) is 22.7 Å². The average molecular weight is 280 g/mol. The van der Waals surface area contributed by atoms with Gasteiger partial charge in [-0.1, -0.05) is 33.0 Å². The van der Waals surface area contributed by atoms with Crippen LogP contribution >= 0.6 is 12.2 Å². The highest BCUT2D eigenvalue weighted by Gasteiger charge is 2.11. The van der Waals surface area contributed by atoms with Gasteiger partial charge in [-0.15, -0.1) is 0 Å². The van der Waals surface area contributed by atoms with Crippen LogP contribution in [0.15, 0.2) is 18.2 Å². The summed E-state index contributed by atoms with van der Waals surface area (Å²) >= 11 is 5.04. The van der Waals surface area contributed by atoms with Crippen molar-refractivity contribution in [1.82, 2.24) is 4.90 Å². The lowest BCUT2D eigenvalue weighted by Crippen LogP contribution is -2.27. The molecule has 3 nitrogen and oxygen atoms in total. The van der Waals surface area contributed by atoms with Gasteiger partial charge in [-0.3, -0.25) is 4.90 Å². The van der Waals surface area contributed by atoms with Crippen LogP contribution in [0.3, 0.4) is 0 Å². The number of thiocarbonyl (C=S) groups is 1. The summed E-state index contributed by atoms with van der Waals surface area (Å²) in [7, 11) is 1.69. The molecule has 0 radical (unpaired) electrons. The molecule has 0 spiro atoms. The predicted octanol–water partition coefficient (Wildman–Crippen LogP) is 2.81. The summed E-state index contributed by atoms with van der Waals surface area (Å²) in [4.78, 5) is 2.82. The Labute approximate surface area is 121 Å². The molecule has 0 fully saturated rings. The molecule has 0 saturated carbocycles. The van der Waals surface area contributed by atoms with Crippen LogP contribution in [0.2, 0.25) is 0 Å². The second-order valence-electron chi connectivity index (χ2n) is 5.11. The first-order valence-electron chi connectivity index (χ1n) is 6.67. The van der Waals surface area contributed by atoms with Gasteiger partial charge in [0, 0.05) is 24.2 Å². The summed E-state index contributed by atoms with van der Waals surface area (Å²) in [5.74, 6) is 1.53. The summed E-state index contributed by atoms with van der Waals surface area (Å²) in [5.41, 5.74) is 7.72. The van der Waals surface area contributed by atoms with Gasteiger partial charge >= 0.3 is 0 Å². The Morgan fingerprint density at radius 2 is 2.11 bits per heavy atom. The van der Waals surface area contributed by atoms with Gasteiger partial charge in [0.15, 0.2) is 0 Å². The van der Waals surface area contributed by atoms with Gasteiger partial charge in [-0.2, -0.15) is 0 Å². The number of hydrogen-bond acceptors (Lipinski definition) is 3. The standard InChI is InChI=1S/C15H24N2OS/c1-5-17(9-11(2)3)10-13-8-12(15(16)19)6-7-14(13)18-4/h6-8,11H,5,9-10H2,1-4H3,(H2,16,19). The largest absolute Gasteiger partial charge is 0.496 e. The van der Waals surface area contributed by atoms with Crippen LogP contribution < -0.4 is 10.5 Å². The van der Waals surface area contributed by atoms with Crippen LogP contribution in [0, 0.1) is 5.92 Å². The second-order valence-corrected chi connectivity index (χ2v) is 5.55. The first-order valence-corrected chi connectivity index (χ1v) is 7.07. The molecule has 0 aliphatic heterocycles. The van der Waals surface area contributed by atoms with Crippen molar-refractivity contribution in [2.45, 2.75) is 27.3 Å². The minimum Gasteiger partial charge on any atom is -0.496 e. The van der Waals surface area contributed by atoms with Crippen molar-refractivity contribution in [3.05, 3.63) is 29.3 Å². The lowest BCUT2D eigenvalue weighted by molar-refractivity contribution is 0.244. The number of hydrogen-bond donors (Lipinski definition) is 1. The molecular formula is C15H24N2OS. The molecule has 4 heteroatoms. The number of nitrogens with zero attached hydrogens (tertiary/aromatic N) is 1. The molecule has 0 heterocycles. The molecule has 0 unspecified atom stereocenters. The summed E-state index contributed by atoms with van der Waals surface area (Å²) in [5, 5.41) is 0. The van der Waals surface area contributed by atoms with Gasteiger partial charge in [0.2, 0.25) is 0 Å². The fraction of sp³-hybridized carbons (Fsp3) is 0.533. The fourth-order valence-corrected chi connectivity index (χ4v) is 2.25. The van der Waals surface area contributed by atoms with Gasteiger partial charge in [0.1, 0.15) is 10.7 Å². The maximum atomic E-state index is 5.70. The molecule has 0 saturated heterocycles. The van der Waals surface area contributed by atoms with E-state index in [9.17, 15) is 0 Å². The van der Waals surface area contributed by atoms with E-state index in [0.717, 1.165) is 36.5 Å².